The second-order valence-corrected chi connectivity index (χ2v) is 6.36. The Morgan fingerprint density at radius 1 is 1.45 bits per heavy atom. The molecule has 2 aromatic heterocycles. The molecule has 1 atom stereocenters. The summed E-state index contributed by atoms with van der Waals surface area (Å²) in [4.78, 5) is 31.0. The molecule has 2 amide bonds. The van der Waals surface area contributed by atoms with E-state index >= 15 is 0 Å². The highest BCUT2D eigenvalue weighted by Crippen LogP contribution is 2.15. The number of rotatable bonds is 4. The van der Waals surface area contributed by atoms with Gasteiger partial charge >= 0.3 is 0 Å². The molecular weight excluding hydrogens is 302 g/mol. The maximum absolute atomic E-state index is 12.2. The van der Waals surface area contributed by atoms with Crippen LogP contribution in [0.3, 0.4) is 0 Å². The molecule has 8 heteroatoms. The van der Waals surface area contributed by atoms with Gasteiger partial charge in [0.2, 0.25) is 16.8 Å². The summed E-state index contributed by atoms with van der Waals surface area (Å²) in [5, 5.41) is 7.03. The summed E-state index contributed by atoms with van der Waals surface area (Å²) in [6, 6.07) is -0.205. The summed E-state index contributed by atoms with van der Waals surface area (Å²) in [6.45, 7) is 2.68. The minimum Gasteiger partial charge on any atom is -0.346 e. The van der Waals surface area contributed by atoms with E-state index in [1.807, 2.05) is 13.1 Å². The van der Waals surface area contributed by atoms with Gasteiger partial charge in [-0.15, -0.1) is 0 Å². The Hall–Kier alpha value is -1.96. The first-order valence-electron chi connectivity index (χ1n) is 7.49. The molecule has 0 aliphatic carbocycles. The summed E-state index contributed by atoms with van der Waals surface area (Å²) >= 11 is 1.45. The zero-order valence-electron chi connectivity index (χ0n) is 12.5. The van der Waals surface area contributed by atoms with Gasteiger partial charge in [0.05, 0.1) is 24.5 Å². The summed E-state index contributed by atoms with van der Waals surface area (Å²) in [6.07, 6.45) is 5.31. The van der Waals surface area contributed by atoms with Crippen LogP contribution in [-0.2, 0) is 9.59 Å². The first-order chi connectivity index (χ1) is 10.6. The fraction of sp³-hybridized carbons (Fsp3) is 0.571. The summed E-state index contributed by atoms with van der Waals surface area (Å²) in [5.41, 5.74) is 2.50. The van der Waals surface area contributed by atoms with Gasteiger partial charge in [-0.2, -0.15) is 5.10 Å². The van der Waals surface area contributed by atoms with Crippen molar-refractivity contribution in [3.05, 3.63) is 17.4 Å². The molecule has 0 unspecified atom stereocenters. The smallest absolute Gasteiger partial charge is 0.240 e. The number of carbonyl (C=O) groups is 2. The number of nitrogens with one attached hydrogen (secondary N) is 1. The van der Waals surface area contributed by atoms with Crippen molar-refractivity contribution in [2.45, 2.75) is 38.6 Å². The van der Waals surface area contributed by atoms with Crippen LogP contribution in [0.1, 0.15) is 44.3 Å². The molecule has 0 bridgehead atoms. The number of aromatic nitrogens is 3. The number of hydrogen-bond donors (Lipinski definition) is 1. The lowest BCUT2D eigenvalue weighted by molar-refractivity contribution is -0.135. The first-order valence-corrected chi connectivity index (χ1v) is 8.37. The van der Waals surface area contributed by atoms with E-state index < -0.39 is 0 Å². The van der Waals surface area contributed by atoms with Crippen molar-refractivity contribution in [2.24, 2.45) is 0 Å². The Morgan fingerprint density at radius 2 is 2.32 bits per heavy atom. The Bertz CT molecular complexity index is 651. The van der Waals surface area contributed by atoms with Crippen LogP contribution < -0.4 is 5.32 Å². The minimum atomic E-state index is -0.205. The average molecular weight is 321 g/mol. The summed E-state index contributed by atoms with van der Waals surface area (Å²) < 4.78 is 1.70. The van der Waals surface area contributed by atoms with Crippen molar-refractivity contribution in [1.82, 2.24) is 24.8 Å². The molecule has 1 aliphatic rings. The molecule has 1 saturated heterocycles. The molecule has 0 aromatic carbocycles. The third kappa shape index (κ3) is 3.27. The van der Waals surface area contributed by atoms with Crippen LogP contribution in [-0.4, -0.2) is 44.4 Å². The van der Waals surface area contributed by atoms with Crippen LogP contribution in [0.15, 0.2) is 11.7 Å². The van der Waals surface area contributed by atoms with E-state index in [2.05, 4.69) is 15.4 Å². The van der Waals surface area contributed by atoms with E-state index in [4.69, 9.17) is 0 Å². The normalized spacial score (nSPS) is 17.5. The lowest BCUT2D eigenvalue weighted by Crippen LogP contribution is -2.41. The van der Waals surface area contributed by atoms with Crippen molar-refractivity contribution in [3.8, 4) is 0 Å². The topological polar surface area (TPSA) is 79.6 Å². The molecule has 0 spiro atoms. The highest BCUT2D eigenvalue weighted by atomic mass is 32.1. The molecule has 0 saturated carbocycles. The van der Waals surface area contributed by atoms with Crippen molar-refractivity contribution < 1.29 is 9.59 Å². The van der Waals surface area contributed by atoms with Gasteiger partial charge in [-0.1, -0.05) is 17.8 Å². The number of fused-ring (bicyclic) bond motifs is 1. The third-order valence-electron chi connectivity index (χ3n) is 3.83. The van der Waals surface area contributed by atoms with Gasteiger partial charge < -0.3 is 10.2 Å². The lowest BCUT2D eigenvalue weighted by Gasteiger charge is -2.21. The Kier molecular flexibility index (Phi) is 4.37. The van der Waals surface area contributed by atoms with Crippen LogP contribution in [0.4, 0.5) is 0 Å². The molecule has 3 heterocycles. The fourth-order valence-corrected chi connectivity index (χ4v) is 3.21. The first kappa shape index (κ1) is 15.0. The largest absolute Gasteiger partial charge is 0.346 e. The number of likely N-dealkylation sites (tertiary alicyclic amines) is 1. The van der Waals surface area contributed by atoms with Gasteiger partial charge in [-0.25, -0.2) is 9.50 Å². The van der Waals surface area contributed by atoms with Gasteiger partial charge in [0, 0.05) is 13.0 Å². The van der Waals surface area contributed by atoms with Crippen molar-refractivity contribution in [2.75, 3.05) is 13.1 Å². The number of amides is 2. The highest BCUT2D eigenvalue weighted by Gasteiger charge is 2.21. The molecule has 1 aliphatic heterocycles. The van der Waals surface area contributed by atoms with Crippen LogP contribution in [0.2, 0.25) is 0 Å². The van der Waals surface area contributed by atoms with E-state index in [-0.39, 0.29) is 24.4 Å². The Morgan fingerprint density at radius 3 is 3.14 bits per heavy atom. The van der Waals surface area contributed by atoms with Crippen molar-refractivity contribution in [1.29, 1.82) is 0 Å². The van der Waals surface area contributed by atoms with Gasteiger partial charge in [0.25, 0.3) is 0 Å². The van der Waals surface area contributed by atoms with Crippen LogP contribution in [0.25, 0.3) is 4.96 Å². The predicted molar refractivity (Wildman–Crippen MR) is 82.5 cm³/mol. The Labute approximate surface area is 132 Å². The van der Waals surface area contributed by atoms with E-state index in [0.29, 0.717) is 13.0 Å². The molecule has 118 valence electrons. The van der Waals surface area contributed by atoms with E-state index in [1.54, 1.807) is 14.9 Å². The maximum Gasteiger partial charge on any atom is 0.240 e. The highest BCUT2D eigenvalue weighted by molar-refractivity contribution is 7.14. The van der Waals surface area contributed by atoms with E-state index in [0.717, 1.165) is 29.9 Å². The molecule has 1 N–H and O–H groups in total. The maximum atomic E-state index is 12.2. The average Bonchev–Trinajstić information content (AvgIpc) is 3.01. The summed E-state index contributed by atoms with van der Waals surface area (Å²) in [7, 11) is 0. The quantitative estimate of drug-likeness (QED) is 0.922. The zero-order chi connectivity index (χ0) is 15.5. The molecule has 0 radical (unpaired) electrons. The molecule has 7 nitrogen and oxygen atoms in total. The van der Waals surface area contributed by atoms with Crippen molar-refractivity contribution in [3.63, 3.8) is 0 Å². The van der Waals surface area contributed by atoms with E-state index in [9.17, 15) is 9.59 Å². The zero-order valence-corrected chi connectivity index (χ0v) is 13.3. The predicted octanol–water partition coefficient (Wildman–Crippen LogP) is 1.37. The van der Waals surface area contributed by atoms with Gasteiger partial charge in [-0.05, 0) is 19.8 Å². The van der Waals surface area contributed by atoms with Crippen molar-refractivity contribution >= 4 is 28.1 Å². The minimum absolute atomic E-state index is 0.0759. The van der Waals surface area contributed by atoms with Crippen LogP contribution in [0, 0.1) is 0 Å². The molecule has 3 rings (SSSR count). The monoisotopic (exact) mass is 321 g/mol. The molecule has 2 aromatic rings. The third-order valence-corrected chi connectivity index (χ3v) is 4.52. The van der Waals surface area contributed by atoms with Gasteiger partial charge in [0.1, 0.15) is 5.51 Å². The number of carbonyl (C=O) groups excluding carboxylic acids is 2. The van der Waals surface area contributed by atoms with Crippen LogP contribution >= 0.6 is 11.3 Å². The van der Waals surface area contributed by atoms with Gasteiger partial charge in [-0.3, -0.25) is 9.59 Å². The van der Waals surface area contributed by atoms with E-state index in [1.165, 1.54) is 11.3 Å². The SMILES string of the molecule is C[C@@H](NC(=O)CN1CCCCCC1=O)c1cn2ncsc2n1. The number of nitrogens with zero attached hydrogens (tertiary/aromatic N) is 4. The lowest BCUT2D eigenvalue weighted by atomic mass is 10.2. The van der Waals surface area contributed by atoms with Crippen LogP contribution in [0.5, 0.6) is 0 Å². The number of imidazole rings is 1. The Balaban J connectivity index is 1.58. The standard InChI is InChI=1S/C14H19N5O2S/c1-10(11-7-19-14(17-11)22-9-15-19)16-12(20)8-18-6-4-2-3-5-13(18)21/h7,9-10H,2-6,8H2,1H3,(H,16,20)/t10-/m1/s1. The molecule has 22 heavy (non-hydrogen) atoms. The molecule has 1 fully saturated rings. The second-order valence-electron chi connectivity index (χ2n) is 5.55. The summed E-state index contributed by atoms with van der Waals surface area (Å²) in [5.74, 6) is -0.0703. The van der Waals surface area contributed by atoms with Gasteiger partial charge in [0.15, 0.2) is 0 Å². The molecular formula is C14H19N5O2S. The second kappa shape index (κ2) is 6.43. The fourth-order valence-electron chi connectivity index (χ4n) is 2.60. The number of hydrogen-bond acceptors (Lipinski definition) is 5.